The van der Waals surface area contributed by atoms with Crippen molar-refractivity contribution in [1.82, 2.24) is 0 Å². The number of alkyl halides is 1. The third kappa shape index (κ3) is 1.59. The van der Waals surface area contributed by atoms with E-state index < -0.39 is 5.38 Å². The highest BCUT2D eigenvalue weighted by Crippen LogP contribution is 2.18. The molecule has 0 saturated carbocycles. The molecule has 1 aliphatic carbocycles. The Balaban J connectivity index is 2.99. The molecular weight excluding hydrogens is 162 g/mol. The lowest BCUT2D eigenvalue weighted by Crippen LogP contribution is -2.02. The summed E-state index contributed by atoms with van der Waals surface area (Å²) in [5.74, 6) is 1.69. The van der Waals surface area contributed by atoms with Gasteiger partial charge < -0.3 is 0 Å². The highest BCUT2D eigenvalue weighted by atomic mass is 35.5. The first-order valence-electron chi connectivity index (χ1n) is 2.97. The van der Waals surface area contributed by atoms with Gasteiger partial charge in [0.25, 0.3) is 0 Å². The topological polar surface area (TPSA) is 40.9 Å². The van der Waals surface area contributed by atoms with E-state index in [1.54, 1.807) is 12.0 Å². The molecule has 0 saturated heterocycles. The second-order valence-electron chi connectivity index (χ2n) is 2.03. The third-order valence-corrected chi connectivity index (χ3v) is 1.67. The van der Waals surface area contributed by atoms with E-state index in [-0.39, 0.29) is 0 Å². The van der Waals surface area contributed by atoms with Gasteiger partial charge >= 0.3 is 0 Å². The van der Waals surface area contributed by atoms with E-state index in [2.05, 4.69) is 0 Å². The number of halogens is 1. The van der Waals surface area contributed by atoms with Gasteiger partial charge in [-0.05, 0) is 18.2 Å². The molecule has 1 rings (SSSR count). The van der Waals surface area contributed by atoms with Crippen molar-refractivity contribution in [3.8, 4) is 6.07 Å². The molecule has 0 aliphatic heterocycles. The molecule has 0 aromatic carbocycles. The lowest BCUT2D eigenvalue weighted by molar-refractivity contribution is 0.567. The summed E-state index contributed by atoms with van der Waals surface area (Å²) in [5.41, 5.74) is 0.842. The fourth-order valence-corrected chi connectivity index (χ4v) is 0.992. The van der Waals surface area contributed by atoms with Gasteiger partial charge in [0.2, 0.25) is 0 Å². The Morgan fingerprint density at radius 1 is 1.55 bits per heavy atom. The minimum atomic E-state index is -0.507. The van der Waals surface area contributed by atoms with Gasteiger partial charge in [-0.25, -0.2) is 4.79 Å². The summed E-state index contributed by atoms with van der Waals surface area (Å²) >= 11 is 5.68. The van der Waals surface area contributed by atoms with Crippen LogP contribution in [0.2, 0.25) is 0 Å². The highest BCUT2D eigenvalue weighted by molar-refractivity contribution is 6.24. The van der Waals surface area contributed by atoms with E-state index in [1.807, 2.05) is 6.07 Å². The predicted molar refractivity (Wildman–Crippen MR) is 41.7 cm³/mol. The van der Waals surface area contributed by atoms with Gasteiger partial charge in [-0.3, -0.25) is 0 Å². The van der Waals surface area contributed by atoms with Gasteiger partial charge in [0, 0.05) is 5.57 Å². The average Bonchev–Trinajstić information content (AvgIpc) is 2.04. The summed E-state index contributed by atoms with van der Waals surface area (Å²) in [6, 6.07) is 1.93. The van der Waals surface area contributed by atoms with Gasteiger partial charge in [-0.2, -0.15) is 5.26 Å². The molecular formula is C8H4ClNO. The molecule has 54 valence electrons. The summed E-state index contributed by atoms with van der Waals surface area (Å²) in [6.45, 7) is 0. The molecule has 0 heterocycles. The number of nitrogens with zero attached hydrogens (tertiary/aromatic N) is 1. The zero-order valence-corrected chi connectivity index (χ0v) is 6.30. The second kappa shape index (κ2) is 3.21. The van der Waals surface area contributed by atoms with Gasteiger partial charge in [0.1, 0.15) is 5.94 Å². The Hall–Kier alpha value is -1.29. The van der Waals surface area contributed by atoms with Crippen LogP contribution in [0.25, 0.3) is 0 Å². The molecule has 2 nitrogen and oxygen atoms in total. The molecule has 11 heavy (non-hydrogen) atoms. The molecule has 0 fully saturated rings. The molecule has 0 aromatic rings. The van der Waals surface area contributed by atoms with Crippen molar-refractivity contribution in [2.24, 2.45) is 0 Å². The monoisotopic (exact) mass is 165 g/mol. The maximum atomic E-state index is 10.2. The van der Waals surface area contributed by atoms with Crippen LogP contribution in [0.5, 0.6) is 0 Å². The molecule has 1 unspecified atom stereocenters. The first kappa shape index (κ1) is 7.81. The molecule has 0 radical (unpaired) electrons. The summed E-state index contributed by atoms with van der Waals surface area (Å²) in [6.07, 6.45) is 4.56. The third-order valence-electron chi connectivity index (χ3n) is 1.31. The van der Waals surface area contributed by atoms with Gasteiger partial charge in [0.05, 0.1) is 17.0 Å². The Labute approximate surface area is 69.1 Å². The largest absolute Gasteiger partial charge is 0.233 e. The van der Waals surface area contributed by atoms with Gasteiger partial charge in [-0.1, -0.05) is 0 Å². The molecule has 0 bridgehead atoms. The molecule has 0 aromatic heterocycles. The molecule has 1 aliphatic rings. The minimum Gasteiger partial charge on any atom is -0.233 e. The van der Waals surface area contributed by atoms with E-state index >= 15 is 0 Å². The predicted octanol–water partition coefficient (Wildman–Crippen LogP) is 1.37. The average molecular weight is 166 g/mol. The van der Waals surface area contributed by atoms with Crippen LogP contribution < -0.4 is 0 Å². The normalized spacial score (nSPS) is 22.0. The van der Waals surface area contributed by atoms with Crippen LogP contribution in [0.3, 0.4) is 0 Å². The first-order chi connectivity index (χ1) is 5.27. The van der Waals surface area contributed by atoms with Crippen molar-refractivity contribution in [2.45, 2.75) is 5.38 Å². The number of allylic oxidation sites excluding steroid dienone is 5. The fraction of sp³-hybridized carbons (Fsp3) is 0.125. The fourth-order valence-electron chi connectivity index (χ4n) is 0.739. The van der Waals surface area contributed by atoms with Gasteiger partial charge in [0.15, 0.2) is 0 Å². The van der Waals surface area contributed by atoms with E-state index in [0.29, 0.717) is 11.1 Å². The van der Waals surface area contributed by atoms with Crippen molar-refractivity contribution in [1.29, 1.82) is 5.26 Å². The maximum absolute atomic E-state index is 10.2. The minimum absolute atomic E-state index is 0.366. The molecule has 0 spiro atoms. The van der Waals surface area contributed by atoms with Crippen LogP contribution >= 0.6 is 11.6 Å². The zero-order valence-electron chi connectivity index (χ0n) is 5.54. The second-order valence-corrected chi connectivity index (χ2v) is 2.50. The SMILES string of the molecule is N#CC1=CC(Cl)C(=C=O)C=C1. The van der Waals surface area contributed by atoms with Gasteiger partial charge in [-0.15, -0.1) is 11.6 Å². The van der Waals surface area contributed by atoms with Crippen molar-refractivity contribution < 1.29 is 4.79 Å². The van der Waals surface area contributed by atoms with Crippen LogP contribution in [0.1, 0.15) is 0 Å². The summed E-state index contributed by atoms with van der Waals surface area (Å²) in [4.78, 5) is 10.2. The summed E-state index contributed by atoms with van der Waals surface area (Å²) < 4.78 is 0. The molecule has 1 atom stereocenters. The first-order valence-corrected chi connectivity index (χ1v) is 3.40. The van der Waals surface area contributed by atoms with Crippen LogP contribution in [0.15, 0.2) is 29.4 Å². The lowest BCUT2D eigenvalue weighted by Gasteiger charge is -2.05. The van der Waals surface area contributed by atoms with E-state index in [4.69, 9.17) is 16.9 Å². The lowest BCUT2D eigenvalue weighted by atomic mass is 10.0. The summed E-state index contributed by atoms with van der Waals surface area (Å²) in [5, 5.41) is 7.92. The van der Waals surface area contributed by atoms with Crippen LogP contribution in [-0.2, 0) is 4.79 Å². The Morgan fingerprint density at radius 2 is 2.27 bits per heavy atom. The number of hydrogen-bond donors (Lipinski definition) is 0. The molecule has 0 N–H and O–H groups in total. The summed E-state index contributed by atoms with van der Waals surface area (Å²) in [7, 11) is 0. The number of carbonyl (C=O) groups excluding carboxylic acids is 1. The molecule has 3 heteroatoms. The Bertz CT molecular complexity index is 315. The van der Waals surface area contributed by atoms with Crippen molar-refractivity contribution in [3.63, 3.8) is 0 Å². The van der Waals surface area contributed by atoms with Crippen LogP contribution in [0.4, 0.5) is 0 Å². The van der Waals surface area contributed by atoms with Crippen LogP contribution in [-0.4, -0.2) is 11.3 Å². The van der Waals surface area contributed by atoms with E-state index in [0.717, 1.165) is 0 Å². The van der Waals surface area contributed by atoms with Crippen molar-refractivity contribution in [3.05, 3.63) is 29.4 Å². The smallest absolute Gasteiger partial charge is 0.129 e. The number of nitriles is 1. The highest BCUT2D eigenvalue weighted by Gasteiger charge is 2.11. The standard InChI is InChI=1S/C8H4ClNO/c9-8-3-6(4-10)1-2-7(8)5-11/h1-3,8H. The zero-order chi connectivity index (χ0) is 8.27. The number of hydrogen-bond acceptors (Lipinski definition) is 2. The van der Waals surface area contributed by atoms with Crippen molar-refractivity contribution >= 4 is 17.5 Å². The maximum Gasteiger partial charge on any atom is 0.129 e. The van der Waals surface area contributed by atoms with Crippen LogP contribution in [0, 0.1) is 11.3 Å². The van der Waals surface area contributed by atoms with E-state index in [1.165, 1.54) is 12.2 Å². The Kier molecular flexibility index (Phi) is 2.28. The number of rotatable bonds is 0. The quantitative estimate of drug-likeness (QED) is 0.402. The van der Waals surface area contributed by atoms with Crippen molar-refractivity contribution in [2.75, 3.05) is 0 Å². The Morgan fingerprint density at radius 3 is 2.73 bits per heavy atom. The molecule has 0 amide bonds. The van der Waals surface area contributed by atoms with E-state index in [9.17, 15) is 4.79 Å².